The van der Waals surface area contributed by atoms with Gasteiger partial charge in [0.2, 0.25) is 0 Å². The van der Waals surface area contributed by atoms with Gasteiger partial charge < -0.3 is 9.47 Å². The van der Waals surface area contributed by atoms with Gasteiger partial charge in [-0.15, -0.1) is 0 Å². The summed E-state index contributed by atoms with van der Waals surface area (Å²) in [5, 5.41) is 0.818. The maximum atomic E-state index is 12.5. The van der Waals surface area contributed by atoms with Crippen LogP contribution in [-0.2, 0) is 11.4 Å². The molecule has 30 heavy (non-hydrogen) atoms. The number of halogens is 3. The van der Waals surface area contributed by atoms with Crippen LogP contribution in [0.3, 0.4) is 0 Å². The van der Waals surface area contributed by atoms with Gasteiger partial charge in [-0.25, -0.2) is 0 Å². The second-order valence-electron chi connectivity index (χ2n) is 6.70. The van der Waals surface area contributed by atoms with Crippen molar-refractivity contribution in [2.75, 3.05) is 7.11 Å². The van der Waals surface area contributed by atoms with E-state index in [1.807, 2.05) is 26.0 Å². The fourth-order valence-electron chi connectivity index (χ4n) is 2.83. The first-order valence-corrected chi connectivity index (χ1v) is 11.6. The molecule has 3 rings (SSSR count). The number of ether oxygens (including phenoxy) is 2. The number of nitrogens with zero attached hydrogens (tertiary/aromatic N) is 1. The van der Waals surface area contributed by atoms with Crippen LogP contribution in [0.25, 0.3) is 6.08 Å². The summed E-state index contributed by atoms with van der Waals surface area (Å²) in [6.07, 6.45) is 1.69. The summed E-state index contributed by atoms with van der Waals surface area (Å²) in [4.78, 5) is 26.3. The van der Waals surface area contributed by atoms with E-state index in [0.717, 1.165) is 26.5 Å². The van der Waals surface area contributed by atoms with Crippen LogP contribution in [0.5, 0.6) is 11.5 Å². The van der Waals surface area contributed by atoms with Gasteiger partial charge in [-0.2, -0.15) is 0 Å². The smallest absolute Gasteiger partial charge is 0.293 e. The molecule has 158 valence electrons. The Morgan fingerprint density at radius 2 is 1.93 bits per heavy atom. The van der Waals surface area contributed by atoms with E-state index in [2.05, 4.69) is 22.6 Å². The molecular formula is C21H18Cl2INO4S. The molecule has 0 atom stereocenters. The number of hydrogen-bond donors (Lipinski definition) is 0. The van der Waals surface area contributed by atoms with E-state index in [1.165, 1.54) is 4.90 Å². The van der Waals surface area contributed by atoms with E-state index in [1.54, 1.807) is 31.4 Å². The Labute approximate surface area is 202 Å². The predicted octanol–water partition coefficient (Wildman–Crippen LogP) is 6.63. The average molecular weight is 578 g/mol. The number of thioether (sulfide) groups is 1. The van der Waals surface area contributed by atoms with E-state index < -0.39 is 0 Å². The van der Waals surface area contributed by atoms with Crippen LogP contribution in [0.15, 0.2) is 35.2 Å². The highest BCUT2D eigenvalue weighted by Crippen LogP contribution is 2.38. The van der Waals surface area contributed by atoms with Gasteiger partial charge in [-0.05, 0) is 84.1 Å². The zero-order valence-electron chi connectivity index (χ0n) is 16.4. The molecular weight excluding hydrogens is 560 g/mol. The minimum absolute atomic E-state index is 0.187. The Hall–Kier alpha value is -1.42. The monoisotopic (exact) mass is 577 g/mol. The van der Waals surface area contributed by atoms with Gasteiger partial charge in [-0.3, -0.25) is 14.5 Å². The van der Waals surface area contributed by atoms with Crippen LogP contribution in [0, 0.1) is 3.57 Å². The first kappa shape index (κ1) is 23.2. The summed E-state index contributed by atoms with van der Waals surface area (Å²) in [5.74, 6) is 0.796. The van der Waals surface area contributed by atoms with Crippen LogP contribution in [0.4, 0.5) is 4.79 Å². The lowest BCUT2D eigenvalue weighted by molar-refractivity contribution is -0.123. The third-order valence-corrected chi connectivity index (χ3v) is 6.55. The lowest BCUT2D eigenvalue weighted by Crippen LogP contribution is -2.34. The Morgan fingerprint density at radius 3 is 2.53 bits per heavy atom. The number of carbonyl (C=O) groups is 2. The van der Waals surface area contributed by atoms with Crippen molar-refractivity contribution in [2.45, 2.75) is 26.5 Å². The molecule has 9 heteroatoms. The summed E-state index contributed by atoms with van der Waals surface area (Å²) < 4.78 is 12.3. The fraction of sp³-hybridized carbons (Fsp3) is 0.238. The van der Waals surface area contributed by atoms with Crippen LogP contribution < -0.4 is 9.47 Å². The highest BCUT2D eigenvalue weighted by atomic mass is 127. The van der Waals surface area contributed by atoms with Gasteiger partial charge in [0.1, 0.15) is 6.61 Å². The van der Waals surface area contributed by atoms with Crippen molar-refractivity contribution in [3.63, 3.8) is 0 Å². The lowest BCUT2D eigenvalue weighted by Gasteiger charge is -2.16. The standard InChI is InChI=1S/C21H18Cl2INO4S/c1-11(2)25-20(26)18(30-21(25)27)8-12-6-16(24)19(17(7-12)28-3)29-10-13-4-5-14(22)9-15(13)23/h4-9,11H,10H2,1-3H3/b18-8-. The second-order valence-corrected chi connectivity index (χ2v) is 9.70. The molecule has 0 aromatic heterocycles. The largest absolute Gasteiger partial charge is 0.493 e. The number of benzene rings is 2. The molecule has 5 nitrogen and oxygen atoms in total. The molecule has 0 aliphatic carbocycles. The fourth-order valence-corrected chi connectivity index (χ4v) is 5.03. The molecule has 2 aromatic carbocycles. The van der Waals surface area contributed by atoms with Gasteiger partial charge in [0.15, 0.2) is 11.5 Å². The minimum atomic E-state index is -0.285. The number of hydrogen-bond acceptors (Lipinski definition) is 5. The maximum Gasteiger partial charge on any atom is 0.293 e. The normalized spacial score (nSPS) is 15.4. The third kappa shape index (κ3) is 5.07. The van der Waals surface area contributed by atoms with E-state index in [4.69, 9.17) is 32.7 Å². The molecule has 0 spiro atoms. The zero-order chi connectivity index (χ0) is 22.0. The quantitative estimate of drug-likeness (QED) is 0.285. The van der Waals surface area contributed by atoms with Crippen LogP contribution in [0.2, 0.25) is 10.0 Å². The first-order chi connectivity index (χ1) is 14.2. The van der Waals surface area contributed by atoms with E-state index >= 15 is 0 Å². The Kier molecular flexibility index (Phi) is 7.60. The molecule has 2 amide bonds. The number of rotatable bonds is 6. The van der Waals surface area contributed by atoms with Crippen LogP contribution in [-0.4, -0.2) is 29.2 Å². The Bertz CT molecular complexity index is 1040. The zero-order valence-corrected chi connectivity index (χ0v) is 20.9. The molecule has 1 heterocycles. The molecule has 0 radical (unpaired) electrons. The van der Waals surface area contributed by atoms with Crippen LogP contribution >= 0.6 is 57.6 Å². The van der Waals surface area contributed by atoms with Crippen LogP contribution in [0.1, 0.15) is 25.0 Å². The van der Waals surface area contributed by atoms with Crippen molar-refractivity contribution >= 4 is 74.8 Å². The number of carbonyl (C=O) groups excluding carboxylic acids is 2. The van der Waals surface area contributed by atoms with Crippen molar-refractivity contribution < 1.29 is 19.1 Å². The van der Waals surface area contributed by atoms with Gasteiger partial charge in [0.25, 0.3) is 11.1 Å². The molecule has 1 fully saturated rings. The van der Waals surface area contributed by atoms with Crippen molar-refractivity contribution in [3.8, 4) is 11.5 Å². The number of methoxy groups -OCH3 is 1. The first-order valence-electron chi connectivity index (χ1n) is 8.92. The van der Waals surface area contributed by atoms with E-state index in [9.17, 15) is 9.59 Å². The average Bonchev–Trinajstić information content (AvgIpc) is 2.95. The summed E-state index contributed by atoms with van der Waals surface area (Å²) >= 11 is 15.2. The number of amides is 2. The highest BCUT2D eigenvalue weighted by molar-refractivity contribution is 14.1. The van der Waals surface area contributed by atoms with Crippen molar-refractivity contribution in [1.29, 1.82) is 0 Å². The molecule has 0 unspecified atom stereocenters. The Balaban J connectivity index is 1.85. The summed E-state index contributed by atoms with van der Waals surface area (Å²) in [5.41, 5.74) is 1.53. The molecule has 1 aliphatic heterocycles. The summed E-state index contributed by atoms with van der Waals surface area (Å²) in [7, 11) is 1.55. The summed E-state index contributed by atoms with van der Waals surface area (Å²) in [6.45, 7) is 3.86. The van der Waals surface area contributed by atoms with Gasteiger partial charge in [0, 0.05) is 21.7 Å². The minimum Gasteiger partial charge on any atom is -0.493 e. The van der Waals surface area contributed by atoms with Gasteiger partial charge in [0.05, 0.1) is 15.6 Å². The maximum absolute atomic E-state index is 12.5. The van der Waals surface area contributed by atoms with Crippen molar-refractivity contribution in [2.24, 2.45) is 0 Å². The van der Waals surface area contributed by atoms with Gasteiger partial charge in [-0.1, -0.05) is 29.3 Å². The topological polar surface area (TPSA) is 55.8 Å². The second kappa shape index (κ2) is 9.80. The lowest BCUT2D eigenvalue weighted by atomic mass is 10.1. The van der Waals surface area contributed by atoms with Crippen molar-refractivity contribution in [1.82, 2.24) is 4.90 Å². The summed E-state index contributed by atoms with van der Waals surface area (Å²) in [6, 6.07) is 8.67. The van der Waals surface area contributed by atoms with Crippen molar-refractivity contribution in [3.05, 3.63) is 60.0 Å². The van der Waals surface area contributed by atoms with E-state index in [-0.39, 0.29) is 23.8 Å². The van der Waals surface area contributed by atoms with E-state index in [0.29, 0.717) is 26.4 Å². The third-order valence-electron chi connectivity index (χ3n) is 4.28. The SMILES string of the molecule is COc1cc(/C=C2\SC(=O)N(C(C)C)C2=O)cc(I)c1OCc1ccc(Cl)cc1Cl. The molecule has 1 saturated heterocycles. The predicted molar refractivity (Wildman–Crippen MR) is 129 cm³/mol. The molecule has 0 bridgehead atoms. The molecule has 2 aromatic rings. The molecule has 0 N–H and O–H groups in total. The Morgan fingerprint density at radius 1 is 1.20 bits per heavy atom. The number of imide groups is 1. The molecule has 0 saturated carbocycles. The molecule has 1 aliphatic rings. The van der Waals surface area contributed by atoms with Gasteiger partial charge >= 0.3 is 0 Å². The highest BCUT2D eigenvalue weighted by Gasteiger charge is 2.36.